The van der Waals surface area contributed by atoms with Crippen molar-refractivity contribution in [3.63, 3.8) is 0 Å². The third-order valence-corrected chi connectivity index (χ3v) is 3.10. The zero-order chi connectivity index (χ0) is 8.84. The lowest BCUT2D eigenvalue weighted by Gasteiger charge is -1.95. The molecular formula is C7H3ClN4S. The molecule has 0 N–H and O–H groups in total. The summed E-state index contributed by atoms with van der Waals surface area (Å²) in [5.41, 5.74) is 1.63. The van der Waals surface area contributed by atoms with E-state index in [0.717, 1.165) is 10.2 Å². The molecule has 0 spiro atoms. The van der Waals surface area contributed by atoms with Gasteiger partial charge in [-0.15, -0.1) is 16.4 Å². The summed E-state index contributed by atoms with van der Waals surface area (Å²) < 4.78 is 2.62. The number of fused-ring (bicyclic) bond motifs is 3. The van der Waals surface area contributed by atoms with Gasteiger partial charge in [-0.2, -0.15) is 4.52 Å². The molecule has 3 rings (SSSR count). The number of hydrogen-bond donors (Lipinski definition) is 0. The Morgan fingerprint density at radius 1 is 1.46 bits per heavy atom. The number of hydrogen-bond acceptors (Lipinski definition) is 4. The Balaban J connectivity index is 2.70. The van der Waals surface area contributed by atoms with E-state index in [4.69, 9.17) is 11.6 Å². The lowest BCUT2D eigenvalue weighted by molar-refractivity contribution is 0.876. The summed E-state index contributed by atoms with van der Waals surface area (Å²) in [7, 11) is 0. The largest absolute Gasteiger partial charge is 0.214 e. The predicted octanol–water partition coefficient (Wildman–Crippen LogP) is 1.99. The van der Waals surface area contributed by atoms with Crippen LogP contribution in [0.2, 0.25) is 5.15 Å². The number of rotatable bonds is 0. The molecule has 0 aliphatic heterocycles. The minimum absolute atomic E-state index is 0.514. The van der Waals surface area contributed by atoms with E-state index >= 15 is 0 Å². The van der Waals surface area contributed by atoms with Gasteiger partial charge >= 0.3 is 0 Å². The van der Waals surface area contributed by atoms with Crippen LogP contribution in [-0.2, 0) is 0 Å². The van der Waals surface area contributed by atoms with Crippen molar-refractivity contribution in [3.8, 4) is 0 Å². The van der Waals surface area contributed by atoms with Crippen molar-refractivity contribution in [2.75, 3.05) is 0 Å². The molecule has 6 heteroatoms. The van der Waals surface area contributed by atoms with Crippen molar-refractivity contribution in [2.24, 2.45) is 0 Å². The zero-order valence-electron chi connectivity index (χ0n) is 6.31. The molecule has 0 bridgehead atoms. The molecule has 3 aromatic rings. The summed E-state index contributed by atoms with van der Waals surface area (Å²) in [6.07, 6.45) is 1.59. The van der Waals surface area contributed by atoms with Gasteiger partial charge in [0.15, 0.2) is 10.8 Å². The summed E-state index contributed by atoms with van der Waals surface area (Å²) in [5.74, 6) is 0. The maximum atomic E-state index is 5.96. The standard InChI is InChI=1S/C7H3ClN4S/c8-7-6-4(1-2-13-6)12-5(10-7)3-9-11-12/h1-3H. The highest BCUT2D eigenvalue weighted by atomic mass is 35.5. The molecule has 3 aromatic heterocycles. The summed E-state index contributed by atoms with van der Waals surface area (Å²) in [6, 6.07) is 1.95. The molecule has 0 aliphatic carbocycles. The number of thiophene rings is 1. The molecule has 0 fully saturated rings. The van der Waals surface area contributed by atoms with Crippen LogP contribution < -0.4 is 0 Å². The Bertz CT molecular complexity index is 584. The number of aromatic nitrogens is 4. The van der Waals surface area contributed by atoms with Gasteiger partial charge in [-0.1, -0.05) is 16.8 Å². The molecule has 4 nitrogen and oxygen atoms in total. The van der Waals surface area contributed by atoms with E-state index in [-0.39, 0.29) is 0 Å². The highest BCUT2D eigenvalue weighted by Crippen LogP contribution is 2.26. The van der Waals surface area contributed by atoms with Gasteiger partial charge in [0, 0.05) is 0 Å². The van der Waals surface area contributed by atoms with Crippen LogP contribution >= 0.6 is 22.9 Å². The first-order valence-electron chi connectivity index (χ1n) is 3.59. The van der Waals surface area contributed by atoms with Crippen LogP contribution in [0.4, 0.5) is 0 Å². The van der Waals surface area contributed by atoms with Crippen LogP contribution in [0.3, 0.4) is 0 Å². The summed E-state index contributed by atoms with van der Waals surface area (Å²) in [4.78, 5) is 4.15. The highest BCUT2D eigenvalue weighted by molar-refractivity contribution is 7.17. The second-order valence-corrected chi connectivity index (χ2v) is 3.82. The van der Waals surface area contributed by atoms with Gasteiger partial charge in [0.1, 0.15) is 0 Å². The number of halogens is 1. The molecule has 64 valence electrons. The van der Waals surface area contributed by atoms with E-state index < -0.39 is 0 Å². The molecule has 0 aromatic carbocycles. The van der Waals surface area contributed by atoms with Crippen LogP contribution in [0.1, 0.15) is 0 Å². The van der Waals surface area contributed by atoms with Crippen molar-refractivity contribution < 1.29 is 0 Å². The maximum absolute atomic E-state index is 5.96. The summed E-state index contributed by atoms with van der Waals surface area (Å²) in [6.45, 7) is 0. The van der Waals surface area contributed by atoms with Crippen molar-refractivity contribution in [2.45, 2.75) is 0 Å². The molecule has 0 saturated carbocycles. The number of nitrogens with zero attached hydrogens (tertiary/aromatic N) is 4. The summed E-state index contributed by atoms with van der Waals surface area (Å²) in [5, 5.41) is 10.2. The van der Waals surface area contributed by atoms with Crippen LogP contribution in [0.15, 0.2) is 17.6 Å². The van der Waals surface area contributed by atoms with E-state index in [1.807, 2.05) is 11.4 Å². The molecule has 0 aliphatic rings. The average molecular weight is 211 g/mol. The SMILES string of the molecule is Clc1nc2cnnn2c2ccsc12. The first kappa shape index (κ1) is 7.23. The predicted molar refractivity (Wildman–Crippen MR) is 51.2 cm³/mol. The van der Waals surface area contributed by atoms with E-state index in [2.05, 4.69) is 15.3 Å². The average Bonchev–Trinajstić information content (AvgIpc) is 2.66. The van der Waals surface area contributed by atoms with E-state index in [1.54, 1.807) is 22.0 Å². The molecule has 0 saturated heterocycles. The minimum Gasteiger partial charge on any atom is -0.214 e. The Hall–Kier alpha value is -1.20. The van der Waals surface area contributed by atoms with E-state index in [9.17, 15) is 0 Å². The van der Waals surface area contributed by atoms with Crippen molar-refractivity contribution in [3.05, 3.63) is 22.8 Å². The van der Waals surface area contributed by atoms with Crippen molar-refractivity contribution >= 4 is 38.8 Å². The molecule has 3 heterocycles. The van der Waals surface area contributed by atoms with Gasteiger partial charge in [0.05, 0.1) is 16.4 Å². The Labute approximate surface area is 81.8 Å². The van der Waals surface area contributed by atoms with Gasteiger partial charge < -0.3 is 0 Å². The van der Waals surface area contributed by atoms with Gasteiger partial charge in [0.25, 0.3) is 0 Å². The van der Waals surface area contributed by atoms with E-state index in [1.165, 1.54) is 0 Å². The fraction of sp³-hybridized carbons (Fsp3) is 0. The Kier molecular flexibility index (Phi) is 1.33. The molecule has 0 atom stereocenters. The monoisotopic (exact) mass is 210 g/mol. The lowest BCUT2D eigenvalue weighted by atomic mass is 10.5. The minimum atomic E-state index is 0.514. The first-order valence-corrected chi connectivity index (χ1v) is 4.85. The van der Waals surface area contributed by atoms with Crippen molar-refractivity contribution in [1.29, 1.82) is 0 Å². The van der Waals surface area contributed by atoms with Crippen molar-refractivity contribution in [1.82, 2.24) is 19.8 Å². The van der Waals surface area contributed by atoms with Crippen LogP contribution in [0.25, 0.3) is 15.9 Å². The lowest BCUT2D eigenvalue weighted by Crippen LogP contribution is -1.91. The maximum Gasteiger partial charge on any atom is 0.177 e. The third kappa shape index (κ3) is 0.882. The Morgan fingerprint density at radius 3 is 3.31 bits per heavy atom. The highest BCUT2D eigenvalue weighted by Gasteiger charge is 2.07. The second-order valence-electron chi connectivity index (χ2n) is 2.54. The summed E-state index contributed by atoms with van der Waals surface area (Å²) >= 11 is 7.51. The Morgan fingerprint density at radius 2 is 2.38 bits per heavy atom. The molecule has 0 unspecified atom stereocenters. The van der Waals surface area contributed by atoms with Gasteiger partial charge in [-0.05, 0) is 11.4 Å². The van der Waals surface area contributed by atoms with Crippen LogP contribution in [0, 0.1) is 0 Å². The molecule has 0 radical (unpaired) electrons. The van der Waals surface area contributed by atoms with Gasteiger partial charge in [-0.25, -0.2) is 4.98 Å². The fourth-order valence-corrected chi connectivity index (χ4v) is 2.32. The zero-order valence-corrected chi connectivity index (χ0v) is 7.88. The first-order chi connectivity index (χ1) is 6.36. The fourth-order valence-electron chi connectivity index (χ4n) is 1.25. The molecule has 13 heavy (non-hydrogen) atoms. The molecule has 0 amide bonds. The smallest absolute Gasteiger partial charge is 0.177 e. The quantitative estimate of drug-likeness (QED) is 0.533. The topological polar surface area (TPSA) is 43.1 Å². The van der Waals surface area contributed by atoms with E-state index in [0.29, 0.717) is 10.8 Å². The molecular weight excluding hydrogens is 208 g/mol. The van der Waals surface area contributed by atoms with Gasteiger partial charge in [0.2, 0.25) is 0 Å². The third-order valence-electron chi connectivity index (χ3n) is 1.80. The second kappa shape index (κ2) is 2.40. The van der Waals surface area contributed by atoms with Crippen LogP contribution in [0.5, 0.6) is 0 Å². The van der Waals surface area contributed by atoms with Crippen LogP contribution in [-0.4, -0.2) is 19.8 Å². The van der Waals surface area contributed by atoms with Gasteiger partial charge in [-0.3, -0.25) is 0 Å². The normalized spacial score (nSPS) is 11.5.